The molecule has 3 unspecified atom stereocenters. The van der Waals surface area contributed by atoms with Crippen molar-refractivity contribution in [1.82, 2.24) is 0 Å². The monoisotopic (exact) mass is 335 g/mol. The molecule has 2 heterocycles. The lowest BCUT2D eigenvalue weighted by molar-refractivity contribution is -0.133. The number of hydrogen-bond donors (Lipinski definition) is 0. The Morgan fingerprint density at radius 2 is 2.26 bits per heavy atom. The lowest BCUT2D eigenvalue weighted by atomic mass is 10.1. The van der Waals surface area contributed by atoms with Crippen LogP contribution in [0.1, 0.15) is 33.1 Å². The van der Waals surface area contributed by atoms with E-state index in [1.165, 1.54) is 11.3 Å². The number of carbonyl (C=O) groups excluding carboxylic acids is 1. The van der Waals surface area contributed by atoms with E-state index in [2.05, 4.69) is 13.0 Å². The van der Waals surface area contributed by atoms with Gasteiger partial charge in [0.2, 0.25) is 0 Å². The number of para-hydroxylation sites is 1. The summed E-state index contributed by atoms with van der Waals surface area (Å²) in [6.45, 7) is 5.26. The van der Waals surface area contributed by atoms with Gasteiger partial charge in [-0.25, -0.2) is 0 Å². The van der Waals surface area contributed by atoms with E-state index in [1.54, 1.807) is 0 Å². The Kier molecular flexibility index (Phi) is 5.62. The van der Waals surface area contributed by atoms with Crippen LogP contribution in [0.2, 0.25) is 0 Å². The minimum atomic E-state index is -0.445. The van der Waals surface area contributed by atoms with Gasteiger partial charge in [-0.05, 0) is 45.2 Å². The topological polar surface area (TPSA) is 38.8 Å². The summed E-state index contributed by atoms with van der Waals surface area (Å²) in [5.74, 6) is 0.961. The molecule has 0 spiro atoms. The molecule has 1 fully saturated rings. The molecule has 0 radical (unpaired) electrons. The van der Waals surface area contributed by atoms with E-state index in [4.69, 9.17) is 9.47 Å². The number of fused-ring (bicyclic) bond motifs is 1. The molecule has 1 amide bonds. The fraction of sp³-hybridized carbons (Fsp3) is 0.611. The first-order valence-electron chi connectivity index (χ1n) is 8.45. The van der Waals surface area contributed by atoms with E-state index in [-0.39, 0.29) is 18.1 Å². The number of amides is 1. The molecule has 0 bridgehead atoms. The Bertz CT molecular complexity index is 545. The maximum Gasteiger partial charge on any atom is 0.256 e. The first-order chi connectivity index (χ1) is 11.2. The molecule has 1 aromatic carbocycles. The lowest BCUT2D eigenvalue weighted by Crippen LogP contribution is -2.47. The average Bonchev–Trinajstić information content (AvgIpc) is 2.60. The van der Waals surface area contributed by atoms with Crippen molar-refractivity contribution in [2.45, 2.75) is 56.3 Å². The Morgan fingerprint density at radius 3 is 3.04 bits per heavy atom. The minimum Gasteiger partial charge on any atom is -0.376 e. The van der Waals surface area contributed by atoms with Crippen LogP contribution in [-0.2, 0) is 14.3 Å². The van der Waals surface area contributed by atoms with Crippen molar-refractivity contribution >= 4 is 23.4 Å². The number of carbonyl (C=O) groups is 1. The van der Waals surface area contributed by atoms with Crippen LogP contribution in [-0.4, -0.2) is 43.1 Å². The summed E-state index contributed by atoms with van der Waals surface area (Å²) in [6, 6.07) is 8.28. The molecule has 2 aliphatic heterocycles. The minimum absolute atomic E-state index is 0.0426. The van der Waals surface area contributed by atoms with Crippen molar-refractivity contribution in [2.24, 2.45) is 0 Å². The summed E-state index contributed by atoms with van der Waals surface area (Å²) in [5, 5.41) is 0. The maximum absolute atomic E-state index is 12.9. The summed E-state index contributed by atoms with van der Waals surface area (Å²) in [4.78, 5) is 16.0. The quantitative estimate of drug-likeness (QED) is 0.844. The third-order valence-electron chi connectivity index (χ3n) is 4.44. The summed E-state index contributed by atoms with van der Waals surface area (Å²) in [7, 11) is 0. The molecule has 0 saturated carbocycles. The highest BCUT2D eigenvalue weighted by atomic mass is 32.2. The predicted octanol–water partition coefficient (Wildman–Crippen LogP) is 3.49. The zero-order valence-electron chi connectivity index (χ0n) is 13.9. The second-order valence-corrected chi connectivity index (χ2v) is 7.36. The number of ether oxygens (including phenoxy) is 2. The van der Waals surface area contributed by atoms with E-state index in [0.29, 0.717) is 6.61 Å². The van der Waals surface area contributed by atoms with E-state index in [0.717, 1.165) is 30.9 Å². The van der Waals surface area contributed by atoms with Crippen molar-refractivity contribution in [3.05, 3.63) is 24.3 Å². The standard InChI is InChI=1S/C18H25NO3S/c1-13-12-23-17-9-4-3-8-16(17)19(13)18(20)14(2)22-11-15-7-5-6-10-21-15/h3-4,8-9,13-15H,5-7,10-12H2,1-2H3. The van der Waals surface area contributed by atoms with Crippen molar-refractivity contribution in [3.8, 4) is 0 Å². The zero-order valence-corrected chi connectivity index (χ0v) is 14.7. The Morgan fingerprint density at radius 1 is 1.43 bits per heavy atom. The second-order valence-electron chi connectivity index (χ2n) is 6.30. The Balaban J connectivity index is 1.64. The largest absolute Gasteiger partial charge is 0.376 e. The van der Waals surface area contributed by atoms with Gasteiger partial charge in [0.05, 0.1) is 18.4 Å². The highest BCUT2D eigenvalue weighted by Gasteiger charge is 2.32. The van der Waals surface area contributed by atoms with E-state index in [1.807, 2.05) is 41.8 Å². The zero-order chi connectivity index (χ0) is 16.2. The summed E-state index contributed by atoms with van der Waals surface area (Å²) >= 11 is 1.81. The van der Waals surface area contributed by atoms with Gasteiger partial charge in [-0.1, -0.05) is 12.1 Å². The molecule has 0 aromatic heterocycles. The molecule has 23 heavy (non-hydrogen) atoms. The highest BCUT2D eigenvalue weighted by Crippen LogP contribution is 2.37. The van der Waals surface area contributed by atoms with Gasteiger partial charge >= 0.3 is 0 Å². The summed E-state index contributed by atoms with van der Waals surface area (Å²) < 4.78 is 11.5. The first-order valence-corrected chi connectivity index (χ1v) is 9.43. The number of thioether (sulfide) groups is 1. The molecule has 0 aliphatic carbocycles. The normalized spacial score (nSPS) is 25.7. The summed E-state index contributed by atoms with van der Waals surface area (Å²) in [6.07, 6.45) is 3.04. The SMILES string of the molecule is CC(OCC1CCCCO1)C(=O)N1c2ccccc2SCC1C. The fourth-order valence-corrected chi connectivity index (χ4v) is 4.15. The lowest BCUT2D eigenvalue weighted by Gasteiger charge is -2.36. The van der Waals surface area contributed by atoms with Crippen LogP contribution in [0.3, 0.4) is 0 Å². The van der Waals surface area contributed by atoms with Gasteiger partial charge in [0, 0.05) is 23.3 Å². The van der Waals surface area contributed by atoms with Crippen LogP contribution >= 0.6 is 11.8 Å². The van der Waals surface area contributed by atoms with E-state index in [9.17, 15) is 4.79 Å². The molecule has 126 valence electrons. The maximum atomic E-state index is 12.9. The molecule has 4 nitrogen and oxygen atoms in total. The van der Waals surface area contributed by atoms with Crippen LogP contribution in [0, 0.1) is 0 Å². The fourth-order valence-electron chi connectivity index (χ4n) is 3.09. The highest BCUT2D eigenvalue weighted by molar-refractivity contribution is 7.99. The van der Waals surface area contributed by atoms with Crippen molar-refractivity contribution in [3.63, 3.8) is 0 Å². The molecule has 5 heteroatoms. The van der Waals surface area contributed by atoms with E-state index < -0.39 is 6.10 Å². The van der Waals surface area contributed by atoms with Gasteiger partial charge in [0.25, 0.3) is 5.91 Å². The smallest absolute Gasteiger partial charge is 0.256 e. The van der Waals surface area contributed by atoms with Gasteiger partial charge in [-0.2, -0.15) is 0 Å². The third kappa shape index (κ3) is 3.90. The van der Waals surface area contributed by atoms with Crippen molar-refractivity contribution in [1.29, 1.82) is 0 Å². The van der Waals surface area contributed by atoms with Gasteiger partial charge in [0.1, 0.15) is 6.10 Å². The third-order valence-corrected chi connectivity index (χ3v) is 5.74. The van der Waals surface area contributed by atoms with Crippen LogP contribution in [0.15, 0.2) is 29.2 Å². The van der Waals surface area contributed by atoms with Gasteiger partial charge in [-0.3, -0.25) is 4.79 Å². The van der Waals surface area contributed by atoms with E-state index >= 15 is 0 Å². The van der Waals surface area contributed by atoms with Crippen molar-refractivity contribution in [2.75, 3.05) is 23.9 Å². The molecule has 1 saturated heterocycles. The Hall–Kier alpha value is -1.04. The summed E-state index contributed by atoms with van der Waals surface area (Å²) in [5.41, 5.74) is 1.01. The number of anilines is 1. The molecule has 0 N–H and O–H groups in total. The molecule has 3 atom stereocenters. The van der Waals surface area contributed by atoms with Gasteiger partial charge in [-0.15, -0.1) is 11.8 Å². The molecule has 1 aromatic rings. The number of hydrogen-bond acceptors (Lipinski definition) is 4. The average molecular weight is 335 g/mol. The molecular formula is C18H25NO3S. The van der Waals surface area contributed by atoms with Crippen LogP contribution < -0.4 is 4.90 Å². The predicted molar refractivity (Wildman–Crippen MR) is 93.1 cm³/mol. The number of nitrogens with zero attached hydrogens (tertiary/aromatic N) is 1. The van der Waals surface area contributed by atoms with Crippen molar-refractivity contribution < 1.29 is 14.3 Å². The molecular weight excluding hydrogens is 310 g/mol. The van der Waals surface area contributed by atoms with Crippen LogP contribution in [0.5, 0.6) is 0 Å². The van der Waals surface area contributed by atoms with Crippen LogP contribution in [0.4, 0.5) is 5.69 Å². The van der Waals surface area contributed by atoms with Gasteiger partial charge in [0.15, 0.2) is 0 Å². The second kappa shape index (κ2) is 7.69. The molecule has 2 aliphatic rings. The number of rotatable bonds is 4. The molecule has 3 rings (SSSR count). The number of benzene rings is 1. The first kappa shape index (κ1) is 16.8. The van der Waals surface area contributed by atoms with Gasteiger partial charge < -0.3 is 14.4 Å². The van der Waals surface area contributed by atoms with Crippen LogP contribution in [0.25, 0.3) is 0 Å². The Labute approximate surface area is 142 Å².